The van der Waals surface area contributed by atoms with Crippen LogP contribution in [0.15, 0.2) is 54.6 Å². The molecule has 4 aromatic rings. The molecule has 1 aromatic heterocycles. The van der Waals surface area contributed by atoms with E-state index in [2.05, 4.69) is 20.6 Å². The summed E-state index contributed by atoms with van der Waals surface area (Å²) in [5.74, 6) is 2.32. The zero-order valence-electron chi connectivity index (χ0n) is 22.0. The summed E-state index contributed by atoms with van der Waals surface area (Å²) in [7, 11) is 0. The number of aryl methyl sites for hydroxylation is 2. The Balaban J connectivity index is 1.25. The summed E-state index contributed by atoms with van der Waals surface area (Å²) in [5, 5.41) is 4.47. The Labute approximate surface area is 229 Å². The van der Waals surface area contributed by atoms with Crippen molar-refractivity contribution < 1.29 is 23.9 Å². The zero-order chi connectivity index (χ0) is 27.7. The molecule has 39 heavy (non-hydrogen) atoms. The number of H-pyrrole nitrogens is 1. The average Bonchev–Trinajstić information content (AvgIpc) is 3.44. The Hall–Kier alpha value is -4.31. The monoisotopic (exact) mass is 544 g/mol. The summed E-state index contributed by atoms with van der Waals surface area (Å²) < 4.78 is 12.2. The molecule has 1 saturated heterocycles. The number of ether oxygens (including phenoxy) is 2. The minimum absolute atomic E-state index is 0.113. The number of carbonyl (C=O) groups is 3. The van der Waals surface area contributed by atoms with E-state index in [1.165, 1.54) is 6.92 Å². The molecule has 3 aromatic carbocycles. The first-order chi connectivity index (χ1) is 18.6. The van der Waals surface area contributed by atoms with E-state index in [9.17, 15) is 14.4 Å². The highest BCUT2D eigenvalue weighted by Crippen LogP contribution is 2.31. The lowest BCUT2D eigenvalue weighted by Gasteiger charge is -2.13. The Morgan fingerprint density at radius 3 is 2.36 bits per heavy atom. The summed E-state index contributed by atoms with van der Waals surface area (Å²) in [4.78, 5) is 42.7. The number of carbonyl (C=O) groups excluding carboxylic acids is 3. The van der Waals surface area contributed by atoms with E-state index in [1.54, 1.807) is 0 Å². The molecule has 1 aliphatic heterocycles. The van der Waals surface area contributed by atoms with E-state index in [0.29, 0.717) is 29.5 Å². The Morgan fingerprint density at radius 2 is 1.72 bits per heavy atom. The summed E-state index contributed by atoms with van der Waals surface area (Å²) in [6, 6.07) is 16.9. The number of rotatable bonds is 8. The number of fused-ring (bicyclic) bond motifs is 1. The summed E-state index contributed by atoms with van der Waals surface area (Å²) in [6.07, 6.45) is 0.137. The fraction of sp³-hybridized carbons (Fsp3) is 0.241. The van der Waals surface area contributed by atoms with E-state index in [1.807, 2.05) is 75.4 Å². The number of aromatic amines is 1. The van der Waals surface area contributed by atoms with Crippen LogP contribution in [0.5, 0.6) is 17.2 Å². The standard InChI is InChI=1S/C29H28N4O5S/c1-15-11-22(12-16(2)26(15)30-18(4)34)38-21-9-10-23-24(14-21)32-27(31-23)17(3)37-20-7-5-19(6-8-20)13-25-28(35)33-29(36)39-25/h5-12,14,17,25H,13H2,1-4H3,(H,30,34)(H,31,32)(H,33,35,36). The van der Waals surface area contributed by atoms with Crippen LogP contribution in [0.4, 0.5) is 10.5 Å². The number of aromatic nitrogens is 2. The average molecular weight is 545 g/mol. The number of benzene rings is 3. The molecule has 2 atom stereocenters. The van der Waals surface area contributed by atoms with Gasteiger partial charge in [0.2, 0.25) is 11.8 Å². The molecule has 200 valence electrons. The third kappa shape index (κ3) is 6.06. The van der Waals surface area contributed by atoms with Crippen LogP contribution in [-0.2, 0) is 16.0 Å². The van der Waals surface area contributed by atoms with E-state index in [4.69, 9.17) is 9.47 Å². The van der Waals surface area contributed by atoms with Gasteiger partial charge in [-0.25, -0.2) is 4.98 Å². The van der Waals surface area contributed by atoms with E-state index < -0.39 is 5.25 Å². The van der Waals surface area contributed by atoms with Crippen molar-refractivity contribution in [2.75, 3.05) is 5.32 Å². The molecule has 9 nitrogen and oxygen atoms in total. The van der Waals surface area contributed by atoms with Crippen LogP contribution < -0.4 is 20.1 Å². The molecule has 3 amide bonds. The molecule has 1 fully saturated rings. The van der Waals surface area contributed by atoms with Crippen molar-refractivity contribution in [2.45, 2.75) is 45.5 Å². The number of imide groups is 1. The third-order valence-corrected chi connectivity index (χ3v) is 7.31. The molecule has 0 spiro atoms. The highest BCUT2D eigenvalue weighted by Gasteiger charge is 2.31. The zero-order valence-corrected chi connectivity index (χ0v) is 22.8. The van der Waals surface area contributed by atoms with Crippen LogP contribution in [0.25, 0.3) is 11.0 Å². The van der Waals surface area contributed by atoms with Gasteiger partial charge in [0.15, 0.2) is 6.10 Å². The maximum absolute atomic E-state index is 11.8. The van der Waals surface area contributed by atoms with Crippen molar-refractivity contribution in [2.24, 2.45) is 0 Å². The molecule has 0 aliphatic carbocycles. The molecule has 1 aliphatic rings. The lowest BCUT2D eigenvalue weighted by Crippen LogP contribution is -2.25. The molecule has 0 saturated carbocycles. The first-order valence-electron chi connectivity index (χ1n) is 12.5. The van der Waals surface area contributed by atoms with Crippen molar-refractivity contribution in [3.8, 4) is 17.2 Å². The second-order valence-electron chi connectivity index (χ2n) is 9.51. The van der Waals surface area contributed by atoms with Crippen molar-refractivity contribution in [3.63, 3.8) is 0 Å². The van der Waals surface area contributed by atoms with Crippen molar-refractivity contribution >= 4 is 45.5 Å². The van der Waals surface area contributed by atoms with Gasteiger partial charge < -0.3 is 19.8 Å². The second kappa shape index (κ2) is 10.8. The number of nitrogens with one attached hydrogen (secondary N) is 3. The van der Waals surface area contributed by atoms with Crippen molar-refractivity contribution in [1.82, 2.24) is 15.3 Å². The Bertz CT molecular complexity index is 1560. The number of hydrogen-bond acceptors (Lipinski definition) is 7. The largest absolute Gasteiger partial charge is 0.483 e. The predicted octanol–water partition coefficient (Wildman–Crippen LogP) is 5.96. The van der Waals surface area contributed by atoms with E-state index in [0.717, 1.165) is 45.2 Å². The molecular weight excluding hydrogens is 516 g/mol. The number of hydrogen-bond donors (Lipinski definition) is 3. The smallest absolute Gasteiger partial charge is 0.286 e. The van der Waals surface area contributed by atoms with Crippen LogP contribution in [0.2, 0.25) is 0 Å². The number of anilines is 1. The van der Waals surface area contributed by atoms with Gasteiger partial charge in [-0.15, -0.1) is 0 Å². The maximum atomic E-state index is 11.8. The van der Waals surface area contributed by atoms with Gasteiger partial charge in [0.1, 0.15) is 23.1 Å². The number of amides is 3. The predicted molar refractivity (Wildman–Crippen MR) is 150 cm³/mol. The van der Waals surface area contributed by atoms with Gasteiger partial charge in [0, 0.05) is 18.7 Å². The van der Waals surface area contributed by atoms with Gasteiger partial charge in [-0.2, -0.15) is 0 Å². The van der Waals surface area contributed by atoms with Gasteiger partial charge >= 0.3 is 0 Å². The van der Waals surface area contributed by atoms with Crippen molar-refractivity contribution in [3.05, 3.63) is 77.1 Å². The van der Waals surface area contributed by atoms with Gasteiger partial charge in [0.05, 0.1) is 16.3 Å². The van der Waals surface area contributed by atoms with Crippen LogP contribution in [-0.4, -0.2) is 32.3 Å². The lowest BCUT2D eigenvalue weighted by atomic mass is 10.1. The number of imidazole rings is 1. The Morgan fingerprint density at radius 1 is 1.03 bits per heavy atom. The normalized spacial score (nSPS) is 15.7. The summed E-state index contributed by atoms with van der Waals surface area (Å²) in [6.45, 7) is 7.26. The first-order valence-corrected chi connectivity index (χ1v) is 13.4. The fourth-order valence-electron chi connectivity index (χ4n) is 4.46. The van der Waals surface area contributed by atoms with Gasteiger partial charge in [-0.3, -0.25) is 19.7 Å². The van der Waals surface area contributed by atoms with Gasteiger partial charge in [-0.1, -0.05) is 23.9 Å². The van der Waals surface area contributed by atoms with Crippen LogP contribution in [0, 0.1) is 13.8 Å². The quantitative estimate of drug-likeness (QED) is 0.250. The topological polar surface area (TPSA) is 122 Å². The highest BCUT2D eigenvalue weighted by molar-refractivity contribution is 8.15. The minimum atomic E-state index is -0.399. The maximum Gasteiger partial charge on any atom is 0.286 e. The van der Waals surface area contributed by atoms with Crippen LogP contribution in [0.3, 0.4) is 0 Å². The third-order valence-electron chi connectivity index (χ3n) is 6.32. The first kappa shape index (κ1) is 26.3. The van der Waals surface area contributed by atoms with E-state index in [-0.39, 0.29) is 23.2 Å². The summed E-state index contributed by atoms with van der Waals surface area (Å²) >= 11 is 1.02. The SMILES string of the molecule is CC(=O)Nc1c(C)cc(Oc2ccc3nc(C(C)Oc4ccc(CC5SC(=O)NC5=O)cc4)[nH]c3c2)cc1C. The number of thioether (sulfide) groups is 1. The molecule has 10 heteroatoms. The fourth-order valence-corrected chi connectivity index (χ4v) is 5.32. The Kier molecular flexibility index (Phi) is 7.30. The van der Waals surface area contributed by atoms with Crippen LogP contribution >= 0.6 is 11.8 Å². The molecule has 3 N–H and O–H groups in total. The summed E-state index contributed by atoms with van der Waals surface area (Å²) in [5.41, 5.74) is 5.19. The second-order valence-corrected chi connectivity index (χ2v) is 10.7. The molecule has 2 heterocycles. The van der Waals surface area contributed by atoms with Gasteiger partial charge in [-0.05, 0) is 80.3 Å². The minimum Gasteiger partial charge on any atom is -0.483 e. The molecule has 0 radical (unpaired) electrons. The van der Waals surface area contributed by atoms with Gasteiger partial charge in [0.25, 0.3) is 5.24 Å². The lowest BCUT2D eigenvalue weighted by molar-refractivity contribution is -0.119. The molecule has 2 unspecified atom stereocenters. The van der Waals surface area contributed by atoms with Crippen LogP contribution in [0.1, 0.15) is 42.5 Å². The highest BCUT2D eigenvalue weighted by atomic mass is 32.2. The van der Waals surface area contributed by atoms with E-state index >= 15 is 0 Å². The molecule has 0 bridgehead atoms. The molecule has 5 rings (SSSR count). The van der Waals surface area contributed by atoms with Crippen molar-refractivity contribution in [1.29, 1.82) is 0 Å². The molecular formula is C29H28N4O5S. The number of nitrogens with zero attached hydrogens (tertiary/aromatic N) is 1.